The van der Waals surface area contributed by atoms with Crippen LogP contribution in [0.15, 0.2) is 11.6 Å². The first-order valence-electron chi connectivity index (χ1n) is 30.8. The maximum Gasteiger partial charge on any atom is 0.187 e. The van der Waals surface area contributed by atoms with E-state index in [1.54, 1.807) is 0 Å². The van der Waals surface area contributed by atoms with Crippen LogP contribution in [0.25, 0.3) is 0 Å². The number of ether oxygens (including phenoxy) is 10. The summed E-state index contributed by atoms with van der Waals surface area (Å²) in [5.41, 5.74) is -1.82. The average Bonchev–Trinajstić information content (AvgIpc) is 1.29. The minimum Gasteiger partial charge on any atom is -0.394 e. The van der Waals surface area contributed by atoms with Gasteiger partial charge in [-0.05, 0) is 124 Å². The molecular formula is C59H100O27. The van der Waals surface area contributed by atoms with Crippen molar-refractivity contribution in [3.05, 3.63) is 11.6 Å². The van der Waals surface area contributed by atoms with Crippen molar-refractivity contribution in [3.8, 4) is 0 Å². The Hall–Kier alpha value is -1.34. The summed E-state index contributed by atoms with van der Waals surface area (Å²) in [6.45, 7) is 13.8. The van der Waals surface area contributed by atoms with E-state index in [1.807, 2.05) is 20.8 Å². The predicted octanol–water partition coefficient (Wildman–Crippen LogP) is -3.74. The minimum atomic E-state index is -1.84. The molecule has 0 aromatic carbocycles. The molecule has 27 nitrogen and oxygen atoms in total. The largest absolute Gasteiger partial charge is 0.394 e. The van der Waals surface area contributed by atoms with Crippen LogP contribution in [0, 0.1) is 45.3 Å². The highest BCUT2D eigenvalue weighted by Gasteiger charge is 2.72. The average molecular weight is 1240 g/mol. The van der Waals surface area contributed by atoms with Crippen molar-refractivity contribution in [2.75, 3.05) is 33.0 Å². The summed E-state index contributed by atoms with van der Waals surface area (Å²) in [6, 6.07) is 0. The number of allylic oxidation sites excluding steroid dienone is 2. The van der Waals surface area contributed by atoms with Gasteiger partial charge in [-0.1, -0.05) is 46.3 Å². The van der Waals surface area contributed by atoms with E-state index in [4.69, 9.17) is 47.4 Å². The van der Waals surface area contributed by atoms with Crippen LogP contribution in [0.4, 0.5) is 0 Å². The highest BCUT2D eigenvalue weighted by atomic mass is 16.8. The Kier molecular flexibility index (Phi) is 21.3. The number of rotatable bonds is 18. The second kappa shape index (κ2) is 26.6. The first kappa shape index (κ1) is 69.0. The van der Waals surface area contributed by atoms with E-state index in [2.05, 4.69) is 40.7 Å². The molecule has 0 amide bonds. The van der Waals surface area contributed by atoms with Gasteiger partial charge in [0, 0.05) is 0 Å². The maximum absolute atomic E-state index is 12.9. The third-order valence-corrected chi connectivity index (χ3v) is 22.6. The van der Waals surface area contributed by atoms with Crippen molar-refractivity contribution in [3.63, 3.8) is 0 Å². The number of aliphatic hydroxyl groups excluding tert-OH is 17. The lowest BCUT2D eigenvalue weighted by molar-refractivity contribution is -0.378. The molecule has 86 heavy (non-hydrogen) atoms. The second-order valence-electron chi connectivity index (χ2n) is 28.1. The van der Waals surface area contributed by atoms with Crippen LogP contribution in [-0.4, -0.2) is 285 Å². The van der Waals surface area contributed by atoms with E-state index in [-0.39, 0.29) is 34.5 Å². The van der Waals surface area contributed by atoms with Crippen LogP contribution < -0.4 is 0 Å². The van der Waals surface area contributed by atoms with Gasteiger partial charge in [0.2, 0.25) is 0 Å². The van der Waals surface area contributed by atoms with Crippen molar-refractivity contribution in [1.82, 2.24) is 0 Å². The van der Waals surface area contributed by atoms with Crippen molar-refractivity contribution in [2.24, 2.45) is 45.3 Å². The van der Waals surface area contributed by atoms with Crippen LogP contribution in [0.5, 0.6) is 0 Å². The molecule has 5 saturated heterocycles. The molecule has 27 heteroatoms. The van der Waals surface area contributed by atoms with Crippen molar-refractivity contribution < 1.29 is 134 Å². The molecule has 34 atom stereocenters. The van der Waals surface area contributed by atoms with E-state index in [1.165, 1.54) is 0 Å². The standard InChI is InChI=1S/C59H100O27/c1-24(2)10-9-14-59(8,86-53-46(75)42(71)39(68)31(82-53)23-78-51-47(76)48(40(69)30(21-62)79-51)84-50-44(73)36(65)27(64)22-77-50)25-11-16-58(7)35(25)26(63)18-33-56(5)15-13-34(55(3,4)32(56)12-17-57(33,58)6)83-54-49(43(72)38(67)29(20-61)81-54)85-52-45(74)41(70)37(66)28(19-60)80-52/h10,25-54,60-76H,9,11-23H2,1-8H3. The van der Waals surface area contributed by atoms with Gasteiger partial charge in [-0.15, -0.1) is 0 Å². The molecule has 5 heterocycles. The number of fused-ring (bicyclic) bond motifs is 5. The van der Waals surface area contributed by atoms with Crippen LogP contribution in [0.2, 0.25) is 0 Å². The summed E-state index contributed by atoms with van der Waals surface area (Å²) >= 11 is 0. The van der Waals surface area contributed by atoms with Gasteiger partial charge < -0.3 is 134 Å². The molecule has 0 aromatic heterocycles. The lowest BCUT2D eigenvalue weighted by Gasteiger charge is -2.71. The Morgan fingerprint density at radius 1 is 0.512 bits per heavy atom. The van der Waals surface area contributed by atoms with Gasteiger partial charge in [-0.3, -0.25) is 0 Å². The van der Waals surface area contributed by atoms with Crippen LogP contribution in [-0.2, 0) is 47.4 Å². The van der Waals surface area contributed by atoms with Crippen LogP contribution in [0.1, 0.15) is 113 Å². The first-order chi connectivity index (χ1) is 40.3. The zero-order chi connectivity index (χ0) is 63.1. The highest BCUT2D eigenvalue weighted by Crippen LogP contribution is 2.76. The van der Waals surface area contributed by atoms with E-state index < -0.39 is 209 Å². The third kappa shape index (κ3) is 12.3. The summed E-state index contributed by atoms with van der Waals surface area (Å²) in [4.78, 5) is 0. The number of hydrogen-bond acceptors (Lipinski definition) is 27. The number of hydrogen-bond donors (Lipinski definition) is 17. The first-order valence-corrected chi connectivity index (χ1v) is 30.8. The fraction of sp³-hybridized carbons (Fsp3) is 0.966. The Bertz CT molecular complexity index is 2260. The molecule has 17 N–H and O–H groups in total. The zero-order valence-corrected chi connectivity index (χ0v) is 50.5. The second-order valence-corrected chi connectivity index (χ2v) is 28.1. The Morgan fingerprint density at radius 3 is 1.70 bits per heavy atom. The minimum absolute atomic E-state index is 0.00480. The molecule has 9 fully saturated rings. The van der Waals surface area contributed by atoms with Gasteiger partial charge in [0.1, 0.15) is 116 Å². The fourth-order valence-electron chi connectivity index (χ4n) is 17.5. The van der Waals surface area contributed by atoms with Crippen molar-refractivity contribution >= 4 is 0 Å². The Labute approximate surface area is 501 Å². The predicted molar refractivity (Wildman–Crippen MR) is 293 cm³/mol. The molecule has 0 radical (unpaired) electrons. The maximum atomic E-state index is 12.9. The topological polar surface area (TPSA) is 436 Å². The van der Waals surface area contributed by atoms with Crippen molar-refractivity contribution in [2.45, 2.75) is 278 Å². The normalized spacial score (nSPS) is 52.9. The summed E-state index contributed by atoms with van der Waals surface area (Å²) < 4.78 is 60.5. The van der Waals surface area contributed by atoms with Gasteiger partial charge in [0.25, 0.3) is 0 Å². The molecule has 9 rings (SSSR count). The van der Waals surface area contributed by atoms with E-state index in [0.717, 1.165) is 24.8 Å². The lowest BCUT2D eigenvalue weighted by atomic mass is 9.35. The molecule has 4 aliphatic carbocycles. The molecule has 0 spiro atoms. The molecule has 498 valence electrons. The molecule has 0 aromatic rings. The van der Waals surface area contributed by atoms with E-state index >= 15 is 0 Å². The molecule has 5 aliphatic heterocycles. The summed E-state index contributed by atoms with van der Waals surface area (Å²) in [5, 5.41) is 185. The fourth-order valence-corrected chi connectivity index (χ4v) is 17.5. The molecule has 9 aliphatic rings. The lowest BCUT2D eigenvalue weighted by Crippen LogP contribution is -2.68. The Balaban J connectivity index is 0.913. The molecule has 34 unspecified atom stereocenters. The molecule has 0 bridgehead atoms. The van der Waals surface area contributed by atoms with Crippen LogP contribution in [0.3, 0.4) is 0 Å². The van der Waals surface area contributed by atoms with Crippen molar-refractivity contribution in [1.29, 1.82) is 0 Å². The molecular weight excluding hydrogens is 1140 g/mol. The number of aliphatic hydroxyl groups is 17. The smallest absolute Gasteiger partial charge is 0.187 e. The third-order valence-electron chi connectivity index (χ3n) is 22.6. The van der Waals surface area contributed by atoms with E-state index in [0.29, 0.717) is 38.5 Å². The summed E-state index contributed by atoms with van der Waals surface area (Å²) in [7, 11) is 0. The molecule has 4 saturated carbocycles. The summed E-state index contributed by atoms with van der Waals surface area (Å²) in [6.07, 6.45) is -33.0. The van der Waals surface area contributed by atoms with Gasteiger partial charge >= 0.3 is 0 Å². The van der Waals surface area contributed by atoms with Gasteiger partial charge in [0.05, 0.1) is 50.8 Å². The zero-order valence-electron chi connectivity index (χ0n) is 50.5. The van der Waals surface area contributed by atoms with Gasteiger partial charge in [-0.25, -0.2) is 0 Å². The Morgan fingerprint density at radius 2 is 1.06 bits per heavy atom. The van der Waals surface area contributed by atoms with Crippen LogP contribution >= 0.6 is 0 Å². The van der Waals surface area contributed by atoms with Gasteiger partial charge in [-0.2, -0.15) is 0 Å². The quantitative estimate of drug-likeness (QED) is 0.0463. The SMILES string of the molecule is CC(C)=CCCC(C)(OC1OC(COC2OC(CO)C(O)C(OC3OCC(O)C(O)C3O)C2O)C(O)C(O)C1O)C1CCC2(C)C1C(O)CC1C3(C)CCC(OC4OC(CO)C(O)C(O)C4OC4OC(CO)C(O)C(O)C4O)C(C)(C)C3CCC12C. The van der Waals surface area contributed by atoms with Gasteiger partial charge in [0.15, 0.2) is 31.5 Å². The summed E-state index contributed by atoms with van der Waals surface area (Å²) in [5.74, 6) is -0.628. The monoisotopic (exact) mass is 1240 g/mol. The van der Waals surface area contributed by atoms with E-state index in [9.17, 15) is 86.8 Å². The highest BCUT2D eigenvalue weighted by molar-refractivity contribution is 5.21.